The fourth-order valence-electron chi connectivity index (χ4n) is 4.48. The maximum absolute atomic E-state index is 12.6. The van der Waals surface area contributed by atoms with Gasteiger partial charge in [-0.2, -0.15) is 5.10 Å². The number of rotatable bonds is 6. The Morgan fingerprint density at radius 3 is 2.67 bits per heavy atom. The van der Waals surface area contributed by atoms with Crippen molar-refractivity contribution >= 4 is 22.6 Å². The van der Waals surface area contributed by atoms with E-state index in [1.54, 1.807) is 11.0 Å². The van der Waals surface area contributed by atoms with E-state index in [2.05, 4.69) is 24.9 Å². The number of carbonyl (C=O) groups excluding carboxylic acids is 1. The van der Waals surface area contributed by atoms with Crippen LogP contribution in [0.5, 0.6) is 0 Å². The molecule has 2 fully saturated rings. The van der Waals surface area contributed by atoms with Gasteiger partial charge >= 0.3 is 0 Å². The Morgan fingerprint density at radius 1 is 1.11 bits per heavy atom. The number of ketones is 1. The molecule has 2 aromatic heterocycles. The molecule has 7 nitrogen and oxygen atoms in total. The van der Waals surface area contributed by atoms with Crippen LogP contribution in [0.1, 0.15) is 44.9 Å². The van der Waals surface area contributed by atoms with Gasteiger partial charge in [0.1, 0.15) is 17.9 Å². The molecule has 0 radical (unpaired) electrons. The van der Waals surface area contributed by atoms with Crippen LogP contribution in [0.15, 0.2) is 12.5 Å². The van der Waals surface area contributed by atoms with E-state index in [1.807, 2.05) is 13.2 Å². The van der Waals surface area contributed by atoms with Crippen LogP contribution in [0.4, 0.5) is 5.82 Å². The molecule has 0 N–H and O–H groups in total. The van der Waals surface area contributed by atoms with E-state index < -0.39 is 0 Å². The molecule has 0 saturated carbocycles. The van der Waals surface area contributed by atoms with Crippen molar-refractivity contribution in [1.29, 1.82) is 0 Å². The quantitative estimate of drug-likeness (QED) is 0.778. The zero-order chi connectivity index (χ0) is 18.6. The fourth-order valence-corrected chi connectivity index (χ4v) is 4.48. The zero-order valence-electron chi connectivity index (χ0n) is 16.3. The summed E-state index contributed by atoms with van der Waals surface area (Å²) in [5.74, 6) is 1.62. The number of hydrogen-bond donors (Lipinski definition) is 0. The third kappa shape index (κ3) is 4.13. The van der Waals surface area contributed by atoms with E-state index in [1.165, 1.54) is 32.4 Å². The molecule has 0 aromatic carbocycles. The number of anilines is 1. The molecule has 0 amide bonds. The van der Waals surface area contributed by atoms with E-state index in [4.69, 9.17) is 0 Å². The third-order valence-electron chi connectivity index (χ3n) is 6.10. The van der Waals surface area contributed by atoms with Crippen LogP contribution in [-0.2, 0) is 11.8 Å². The van der Waals surface area contributed by atoms with Crippen molar-refractivity contribution in [3.8, 4) is 0 Å². The normalized spacial score (nSPS) is 19.7. The van der Waals surface area contributed by atoms with Crippen LogP contribution in [0, 0.1) is 5.92 Å². The molecule has 2 aromatic rings. The summed E-state index contributed by atoms with van der Waals surface area (Å²) >= 11 is 0. The average molecular weight is 371 g/mol. The fraction of sp³-hybridized carbons (Fsp3) is 0.700. The minimum absolute atomic E-state index is 0.217. The second-order valence-electron chi connectivity index (χ2n) is 7.94. The number of piperidine rings is 2. The highest BCUT2D eigenvalue weighted by Gasteiger charge is 2.26. The zero-order valence-corrected chi connectivity index (χ0v) is 16.3. The molecule has 27 heavy (non-hydrogen) atoms. The summed E-state index contributed by atoms with van der Waals surface area (Å²) in [5.41, 5.74) is 0.857. The van der Waals surface area contributed by atoms with Crippen LogP contribution in [-0.4, -0.2) is 63.2 Å². The Bertz CT molecular complexity index is 774. The maximum Gasteiger partial charge on any atom is 0.163 e. The van der Waals surface area contributed by atoms with Gasteiger partial charge in [0.2, 0.25) is 0 Å². The molecular weight excluding hydrogens is 340 g/mol. The number of nitrogens with zero attached hydrogens (tertiary/aromatic N) is 6. The Labute approximate surface area is 160 Å². The van der Waals surface area contributed by atoms with E-state index in [-0.39, 0.29) is 5.92 Å². The molecule has 4 rings (SSSR count). The molecule has 7 heteroatoms. The molecule has 0 aliphatic carbocycles. The first-order chi connectivity index (χ1) is 13.2. The van der Waals surface area contributed by atoms with Gasteiger partial charge in [-0.1, -0.05) is 6.42 Å². The lowest BCUT2D eigenvalue weighted by Gasteiger charge is -2.32. The number of hydrogen-bond acceptors (Lipinski definition) is 6. The highest BCUT2D eigenvalue weighted by molar-refractivity contribution is 5.87. The van der Waals surface area contributed by atoms with Crippen molar-refractivity contribution in [3.05, 3.63) is 12.5 Å². The van der Waals surface area contributed by atoms with E-state index in [0.29, 0.717) is 5.78 Å². The largest absolute Gasteiger partial charge is 0.356 e. The monoisotopic (exact) mass is 370 g/mol. The first-order valence-corrected chi connectivity index (χ1v) is 10.3. The number of likely N-dealkylation sites (tertiary alicyclic amines) is 1. The van der Waals surface area contributed by atoms with E-state index in [0.717, 1.165) is 62.2 Å². The number of Topliss-reactive ketones (excluding diaryl/α,β-unsaturated/α-hetero) is 1. The van der Waals surface area contributed by atoms with Crippen molar-refractivity contribution < 1.29 is 4.79 Å². The molecular formula is C20H30N6O. The Morgan fingerprint density at radius 2 is 1.89 bits per heavy atom. The Hall–Kier alpha value is -2.02. The molecule has 2 aliphatic rings. The van der Waals surface area contributed by atoms with Gasteiger partial charge in [-0.05, 0) is 51.7 Å². The topological polar surface area (TPSA) is 67.2 Å². The average Bonchev–Trinajstić information content (AvgIpc) is 3.10. The summed E-state index contributed by atoms with van der Waals surface area (Å²) in [6.07, 6.45) is 11.1. The predicted molar refractivity (Wildman–Crippen MR) is 106 cm³/mol. The van der Waals surface area contributed by atoms with Gasteiger partial charge in [-0.25, -0.2) is 9.97 Å². The van der Waals surface area contributed by atoms with Crippen LogP contribution in [0.2, 0.25) is 0 Å². The summed E-state index contributed by atoms with van der Waals surface area (Å²) in [4.78, 5) is 26.2. The summed E-state index contributed by atoms with van der Waals surface area (Å²) < 4.78 is 1.78. The van der Waals surface area contributed by atoms with Crippen LogP contribution in [0.25, 0.3) is 11.0 Å². The minimum atomic E-state index is 0.217. The van der Waals surface area contributed by atoms with Gasteiger partial charge in [0.15, 0.2) is 5.65 Å². The molecule has 4 heterocycles. The maximum atomic E-state index is 12.6. The molecule has 0 spiro atoms. The Balaban J connectivity index is 1.27. The molecule has 146 valence electrons. The van der Waals surface area contributed by atoms with Gasteiger partial charge < -0.3 is 9.80 Å². The second-order valence-corrected chi connectivity index (χ2v) is 7.94. The first-order valence-electron chi connectivity index (χ1n) is 10.3. The van der Waals surface area contributed by atoms with E-state index in [9.17, 15) is 4.79 Å². The highest BCUT2D eigenvalue weighted by Crippen LogP contribution is 2.28. The van der Waals surface area contributed by atoms with Gasteiger partial charge in [0.05, 0.1) is 11.6 Å². The number of fused-ring (bicyclic) bond motifs is 1. The SMILES string of the molecule is Cn1ncc2c(N3CCC(C(=O)CCCN4CCCCC4)CC3)ncnc21. The second kappa shape index (κ2) is 8.33. The smallest absolute Gasteiger partial charge is 0.163 e. The number of carbonyl (C=O) groups is 1. The summed E-state index contributed by atoms with van der Waals surface area (Å²) in [6, 6.07) is 0. The van der Waals surface area contributed by atoms with Crippen molar-refractivity contribution in [1.82, 2.24) is 24.6 Å². The first kappa shape index (κ1) is 18.3. The lowest BCUT2D eigenvalue weighted by Crippen LogP contribution is -2.37. The van der Waals surface area contributed by atoms with Crippen LogP contribution >= 0.6 is 0 Å². The Kier molecular flexibility index (Phi) is 5.66. The number of aryl methyl sites for hydroxylation is 1. The molecule has 0 bridgehead atoms. The lowest BCUT2D eigenvalue weighted by molar-refractivity contribution is -0.123. The molecule has 2 saturated heterocycles. The predicted octanol–water partition coefficient (Wildman–Crippen LogP) is 2.41. The summed E-state index contributed by atoms with van der Waals surface area (Å²) in [7, 11) is 1.90. The lowest BCUT2D eigenvalue weighted by atomic mass is 9.90. The van der Waals surface area contributed by atoms with Gasteiger partial charge in [0.25, 0.3) is 0 Å². The third-order valence-corrected chi connectivity index (χ3v) is 6.10. The van der Waals surface area contributed by atoms with Gasteiger partial charge in [-0.15, -0.1) is 0 Å². The molecule has 2 aliphatic heterocycles. The van der Waals surface area contributed by atoms with Gasteiger partial charge in [0, 0.05) is 32.5 Å². The minimum Gasteiger partial charge on any atom is -0.356 e. The van der Waals surface area contributed by atoms with E-state index >= 15 is 0 Å². The summed E-state index contributed by atoms with van der Waals surface area (Å²) in [5, 5.41) is 5.29. The molecule has 0 atom stereocenters. The summed E-state index contributed by atoms with van der Waals surface area (Å²) in [6.45, 7) is 5.28. The molecule has 0 unspecified atom stereocenters. The van der Waals surface area contributed by atoms with Crippen LogP contribution in [0.3, 0.4) is 0 Å². The van der Waals surface area contributed by atoms with Crippen LogP contribution < -0.4 is 4.90 Å². The van der Waals surface area contributed by atoms with Crippen molar-refractivity contribution in [2.45, 2.75) is 44.9 Å². The number of aromatic nitrogens is 4. The van der Waals surface area contributed by atoms with Crippen molar-refractivity contribution in [2.24, 2.45) is 13.0 Å². The van der Waals surface area contributed by atoms with Crippen molar-refractivity contribution in [2.75, 3.05) is 37.6 Å². The van der Waals surface area contributed by atoms with Gasteiger partial charge in [-0.3, -0.25) is 9.48 Å². The highest BCUT2D eigenvalue weighted by atomic mass is 16.1. The standard InChI is InChI=1S/C20H30N6O/c1-24-19-17(14-23-24)20(22-15-21-19)26-12-7-16(8-13-26)18(27)6-5-11-25-9-3-2-4-10-25/h14-16H,2-13H2,1H3. The van der Waals surface area contributed by atoms with Crippen molar-refractivity contribution in [3.63, 3.8) is 0 Å².